The molecule has 228 valence electrons. The number of fused-ring (bicyclic) bond motifs is 2. The van der Waals surface area contributed by atoms with Crippen molar-refractivity contribution in [1.29, 1.82) is 0 Å². The Bertz CT molecular complexity index is 1650. The summed E-state index contributed by atoms with van der Waals surface area (Å²) in [6, 6.07) is 10.1. The normalized spacial score (nSPS) is 26.6. The highest BCUT2D eigenvalue weighted by molar-refractivity contribution is 7.92. The second-order valence-electron chi connectivity index (χ2n) is 11.9. The predicted octanol–water partition coefficient (Wildman–Crippen LogP) is 4.93. The molecular weight excluding hydrogens is 602 g/mol. The molecule has 2 aromatic carbocycles. The van der Waals surface area contributed by atoms with Crippen LogP contribution >= 0.6 is 11.6 Å². The molecule has 1 amide bonds. The molecule has 3 aliphatic rings. The van der Waals surface area contributed by atoms with Crippen molar-refractivity contribution in [2.45, 2.75) is 72.4 Å². The van der Waals surface area contributed by atoms with Crippen LogP contribution in [0.3, 0.4) is 0 Å². The summed E-state index contributed by atoms with van der Waals surface area (Å²) in [5, 5.41) is 35.4. The molecule has 0 aliphatic heterocycles. The molecule has 8 nitrogen and oxygen atoms in total. The summed E-state index contributed by atoms with van der Waals surface area (Å²) < 4.78 is 54.6. The second kappa shape index (κ2) is 11.2. The minimum Gasteiger partial charge on any atom is -0.387 e. The molecule has 3 aliphatic carbocycles. The maximum Gasteiger partial charge on any atom is 0.255 e. The number of halogens is 3. The van der Waals surface area contributed by atoms with Gasteiger partial charge >= 0.3 is 0 Å². The molecule has 3 fully saturated rings. The Morgan fingerprint density at radius 2 is 1.67 bits per heavy atom. The van der Waals surface area contributed by atoms with Gasteiger partial charge in [0.15, 0.2) is 21.5 Å². The van der Waals surface area contributed by atoms with Gasteiger partial charge in [0.05, 0.1) is 26.5 Å². The number of carbonyl (C=O) groups is 1. The lowest BCUT2D eigenvalue weighted by molar-refractivity contribution is -0.178. The fraction of sp³-hybridized carbons (Fsp3) is 0.419. The van der Waals surface area contributed by atoms with E-state index in [1.807, 2.05) is 6.07 Å². The first-order chi connectivity index (χ1) is 20.4. The zero-order valence-corrected chi connectivity index (χ0v) is 24.5. The summed E-state index contributed by atoms with van der Waals surface area (Å²) in [5.74, 6) is -3.71. The molecule has 0 spiro atoms. The molecule has 2 bridgehead atoms. The quantitative estimate of drug-likeness (QED) is 0.276. The number of rotatable bonds is 8. The topological polar surface area (TPSA) is 137 Å². The molecular formula is C31H31ClF2N2O6S. The SMILES string of the molecule is O=C(Nc1ccc(F)c(F)c1)c1ccc(Cl)c(S(=O)(=O)C2CC3CCC(C2)C3(O)C(O)C(O)c2ccc(C3CC3)cn2)c1. The van der Waals surface area contributed by atoms with Crippen LogP contribution in [0.5, 0.6) is 0 Å². The number of hydrogen-bond acceptors (Lipinski definition) is 7. The number of aliphatic hydroxyl groups is 3. The average Bonchev–Trinajstić information content (AvgIpc) is 3.82. The summed E-state index contributed by atoms with van der Waals surface area (Å²) in [6.45, 7) is 0. The van der Waals surface area contributed by atoms with E-state index in [4.69, 9.17) is 11.6 Å². The Labute approximate surface area is 252 Å². The summed E-state index contributed by atoms with van der Waals surface area (Å²) in [4.78, 5) is 16.9. The highest BCUT2D eigenvalue weighted by Gasteiger charge is 2.60. The largest absolute Gasteiger partial charge is 0.387 e. The minimum atomic E-state index is -4.10. The van der Waals surface area contributed by atoms with Gasteiger partial charge in [0.25, 0.3) is 5.91 Å². The lowest BCUT2D eigenvalue weighted by Crippen LogP contribution is -2.57. The van der Waals surface area contributed by atoms with Crippen molar-refractivity contribution in [3.63, 3.8) is 0 Å². The van der Waals surface area contributed by atoms with E-state index in [-0.39, 0.29) is 39.7 Å². The molecule has 6 rings (SSSR count). The Balaban J connectivity index is 1.20. The van der Waals surface area contributed by atoms with Crippen LogP contribution in [-0.4, -0.2) is 51.6 Å². The third-order valence-corrected chi connectivity index (χ3v) is 12.0. The van der Waals surface area contributed by atoms with Gasteiger partial charge in [0.1, 0.15) is 12.2 Å². The fourth-order valence-corrected chi connectivity index (χ4v) is 9.16. The van der Waals surface area contributed by atoms with E-state index < -0.39 is 62.3 Å². The van der Waals surface area contributed by atoms with Crippen molar-refractivity contribution < 1.29 is 37.3 Å². The standard InChI is InChI=1S/C31H31ClF2N2O6S/c32-23-8-3-17(30(39)36-21-7-9-24(33)25(34)14-21)11-27(23)43(41,42)22-12-19-5-6-20(13-22)31(19,40)29(38)28(37)26-10-4-18(15-35-26)16-1-2-16/h3-4,7-11,14-16,19-20,22,28-29,37-38,40H,1-2,5-6,12-13H2,(H,36,39). The lowest BCUT2D eigenvalue weighted by Gasteiger charge is -2.46. The molecule has 0 radical (unpaired) electrons. The van der Waals surface area contributed by atoms with Gasteiger partial charge < -0.3 is 20.6 Å². The Morgan fingerprint density at radius 3 is 2.28 bits per heavy atom. The number of aromatic nitrogens is 1. The van der Waals surface area contributed by atoms with E-state index in [0.29, 0.717) is 18.8 Å². The van der Waals surface area contributed by atoms with Crippen molar-refractivity contribution in [3.05, 3.63) is 88.2 Å². The number of anilines is 1. The number of aliphatic hydroxyl groups excluding tert-OH is 2. The van der Waals surface area contributed by atoms with E-state index in [9.17, 15) is 37.3 Å². The zero-order valence-electron chi connectivity index (χ0n) is 23.0. The van der Waals surface area contributed by atoms with Crippen LogP contribution in [0.1, 0.15) is 72.2 Å². The predicted molar refractivity (Wildman–Crippen MR) is 154 cm³/mol. The molecule has 4 N–H and O–H groups in total. The zero-order chi connectivity index (χ0) is 30.7. The summed E-state index contributed by atoms with van der Waals surface area (Å²) in [5.41, 5.74) is -0.467. The monoisotopic (exact) mass is 632 g/mol. The second-order valence-corrected chi connectivity index (χ2v) is 14.5. The first-order valence-corrected chi connectivity index (χ1v) is 16.2. The molecule has 43 heavy (non-hydrogen) atoms. The van der Waals surface area contributed by atoms with E-state index in [1.165, 1.54) is 18.2 Å². The van der Waals surface area contributed by atoms with Crippen molar-refractivity contribution >= 4 is 33.0 Å². The van der Waals surface area contributed by atoms with Gasteiger partial charge in [-0.25, -0.2) is 17.2 Å². The number of pyridine rings is 1. The van der Waals surface area contributed by atoms with Crippen LogP contribution < -0.4 is 5.32 Å². The maximum absolute atomic E-state index is 13.9. The number of nitrogens with zero attached hydrogens (tertiary/aromatic N) is 1. The Kier molecular flexibility index (Phi) is 7.83. The van der Waals surface area contributed by atoms with E-state index in [0.717, 1.165) is 36.6 Å². The molecule has 1 aromatic heterocycles. The van der Waals surface area contributed by atoms with Gasteiger partial charge in [0.2, 0.25) is 0 Å². The molecule has 1 heterocycles. The number of carbonyl (C=O) groups excluding carboxylic acids is 1. The fourth-order valence-electron chi connectivity index (χ4n) is 6.76. The van der Waals surface area contributed by atoms with Crippen LogP contribution in [0.25, 0.3) is 0 Å². The molecule has 3 aromatic rings. The molecule has 12 heteroatoms. The molecule has 4 unspecified atom stereocenters. The van der Waals surface area contributed by atoms with Crippen molar-refractivity contribution in [3.8, 4) is 0 Å². The average molecular weight is 633 g/mol. The highest BCUT2D eigenvalue weighted by Crippen LogP contribution is 2.55. The van der Waals surface area contributed by atoms with Gasteiger partial charge in [0, 0.05) is 23.5 Å². The number of nitrogens with one attached hydrogen (secondary N) is 1. The smallest absolute Gasteiger partial charge is 0.255 e. The number of benzene rings is 2. The Hall–Kier alpha value is -2.96. The number of amides is 1. The van der Waals surface area contributed by atoms with E-state index in [1.54, 1.807) is 12.3 Å². The third-order valence-electron chi connectivity index (χ3n) is 9.32. The van der Waals surface area contributed by atoms with Gasteiger partial charge in [-0.15, -0.1) is 0 Å². The first-order valence-electron chi connectivity index (χ1n) is 14.2. The van der Waals surface area contributed by atoms with Crippen LogP contribution in [0.4, 0.5) is 14.5 Å². The summed E-state index contributed by atoms with van der Waals surface area (Å²) in [7, 11) is -4.10. The van der Waals surface area contributed by atoms with Gasteiger partial charge in [-0.3, -0.25) is 9.78 Å². The van der Waals surface area contributed by atoms with Crippen LogP contribution in [0, 0.1) is 23.5 Å². The lowest BCUT2D eigenvalue weighted by atomic mass is 9.69. The van der Waals surface area contributed by atoms with Crippen LogP contribution in [0.15, 0.2) is 59.6 Å². The first kappa shape index (κ1) is 30.1. The molecule has 4 atom stereocenters. The molecule has 0 saturated heterocycles. The Morgan fingerprint density at radius 1 is 0.977 bits per heavy atom. The van der Waals surface area contributed by atoms with Gasteiger partial charge in [-0.2, -0.15) is 0 Å². The molecule has 3 saturated carbocycles. The van der Waals surface area contributed by atoms with Crippen molar-refractivity contribution in [2.24, 2.45) is 11.8 Å². The van der Waals surface area contributed by atoms with Crippen molar-refractivity contribution in [1.82, 2.24) is 4.98 Å². The van der Waals surface area contributed by atoms with E-state index in [2.05, 4.69) is 10.3 Å². The summed E-state index contributed by atoms with van der Waals surface area (Å²) in [6.07, 6.45) is 1.84. The van der Waals surface area contributed by atoms with E-state index >= 15 is 0 Å². The minimum absolute atomic E-state index is 0.0128. The third kappa shape index (κ3) is 5.46. The number of sulfone groups is 1. The van der Waals surface area contributed by atoms with Gasteiger partial charge in [-0.1, -0.05) is 17.7 Å². The number of hydrogen-bond donors (Lipinski definition) is 4. The van der Waals surface area contributed by atoms with Crippen molar-refractivity contribution in [2.75, 3.05) is 5.32 Å². The maximum atomic E-state index is 13.9. The van der Waals surface area contributed by atoms with Crippen LogP contribution in [0.2, 0.25) is 5.02 Å². The summed E-state index contributed by atoms with van der Waals surface area (Å²) >= 11 is 6.31. The highest BCUT2D eigenvalue weighted by atomic mass is 35.5. The van der Waals surface area contributed by atoms with Crippen LogP contribution in [-0.2, 0) is 9.84 Å². The van der Waals surface area contributed by atoms with Gasteiger partial charge in [-0.05, 0) is 98.2 Å².